The highest BCUT2D eigenvalue weighted by Gasteiger charge is 2.09. The Morgan fingerprint density at radius 1 is 0.735 bits per heavy atom. The molecule has 3 aromatic carbocycles. The number of amides is 4. The predicted molar refractivity (Wildman–Crippen MR) is 129 cm³/mol. The zero-order chi connectivity index (χ0) is 24.5. The number of hydrogen-bond donors (Lipinski definition) is 5. The predicted octanol–water partition coefficient (Wildman–Crippen LogP) is 3.63. The Bertz CT molecular complexity index is 1190. The van der Waals surface area contributed by atoms with Gasteiger partial charge in [-0.25, -0.2) is 9.59 Å². The number of aryl methyl sites for hydroxylation is 1. The molecule has 0 atom stereocenters. The summed E-state index contributed by atoms with van der Waals surface area (Å²) in [4.78, 5) is 47.2. The van der Waals surface area contributed by atoms with Crippen LogP contribution in [0.4, 0.5) is 21.9 Å². The Hall–Kier alpha value is -4.66. The Morgan fingerprint density at radius 2 is 1.35 bits per heavy atom. The van der Waals surface area contributed by atoms with Gasteiger partial charge in [0.15, 0.2) is 0 Å². The van der Waals surface area contributed by atoms with Crippen LogP contribution in [0.2, 0.25) is 0 Å². The smallest absolute Gasteiger partial charge is 0.335 e. The van der Waals surface area contributed by atoms with E-state index >= 15 is 0 Å². The van der Waals surface area contributed by atoms with Gasteiger partial charge >= 0.3 is 12.0 Å². The lowest BCUT2D eigenvalue weighted by molar-refractivity contribution is -0.123. The van der Waals surface area contributed by atoms with Crippen LogP contribution in [0.5, 0.6) is 0 Å². The summed E-state index contributed by atoms with van der Waals surface area (Å²) in [5.74, 6) is -1.83. The summed E-state index contributed by atoms with van der Waals surface area (Å²) >= 11 is 0. The lowest BCUT2D eigenvalue weighted by Crippen LogP contribution is -2.33. The van der Waals surface area contributed by atoms with Gasteiger partial charge in [-0.05, 0) is 60.5 Å². The molecular weight excluding hydrogens is 436 g/mol. The number of carbonyl (C=O) groups is 4. The molecule has 3 aromatic rings. The molecule has 0 unspecified atom stereocenters. The molecule has 0 aliphatic rings. The summed E-state index contributed by atoms with van der Waals surface area (Å²) in [6, 6.07) is 19.6. The van der Waals surface area contributed by atoms with E-state index in [0.29, 0.717) is 16.9 Å². The first-order valence-corrected chi connectivity index (χ1v) is 10.4. The van der Waals surface area contributed by atoms with Crippen LogP contribution in [0.25, 0.3) is 0 Å². The van der Waals surface area contributed by atoms with Crippen LogP contribution in [0.3, 0.4) is 0 Å². The molecule has 5 N–H and O–H groups in total. The van der Waals surface area contributed by atoms with Crippen LogP contribution in [-0.4, -0.2) is 35.5 Å². The van der Waals surface area contributed by atoms with Gasteiger partial charge in [0, 0.05) is 17.1 Å². The minimum absolute atomic E-state index is 0.0657. The minimum Gasteiger partial charge on any atom is -0.478 e. The monoisotopic (exact) mass is 460 g/mol. The van der Waals surface area contributed by atoms with Gasteiger partial charge in [-0.2, -0.15) is 0 Å². The largest absolute Gasteiger partial charge is 0.478 e. The van der Waals surface area contributed by atoms with E-state index in [4.69, 9.17) is 5.11 Å². The molecule has 0 aliphatic carbocycles. The van der Waals surface area contributed by atoms with Crippen LogP contribution in [-0.2, 0) is 16.0 Å². The van der Waals surface area contributed by atoms with Crippen molar-refractivity contribution in [3.8, 4) is 0 Å². The molecule has 0 heterocycles. The van der Waals surface area contributed by atoms with E-state index in [1.165, 1.54) is 24.3 Å². The highest BCUT2D eigenvalue weighted by molar-refractivity contribution is 6.00. The fourth-order valence-corrected chi connectivity index (χ4v) is 3.03. The number of urea groups is 1. The van der Waals surface area contributed by atoms with Crippen molar-refractivity contribution in [2.24, 2.45) is 0 Å². The standard InChI is InChI=1S/C25H24N4O5/c1-16-4-2-3-5-21(16)29-25(34)28-20-10-6-17(7-11-20)14-22(30)26-15-23(31)27-19-12-8-18(9-13-19)24(32)33/h2-13H,14-15H2,1H3,(H,26,30)(H,27,31)(H,32,33)(H2,28,29,34). The lowest BCUT2D eigenvalue weighted by Gasteiger charge is -2.10. The molecule has 9 heteroatoms. The zero-order valence-corrected chi connectivity index (χ0v) is 18.4. The maximum absolute atomic E-state index is 12.2. The second-order valence-corrected chi connectivity index (χ2v) is 7.48. The molecule has 3 rings (SSSR count). The molecule has 0 spiro atoms. The van der Waals surface area contributed by atoms with Crippen molar-refractivity contribution >= 4 is 40.9 Å². The fraction of sp³-hybridized carbons (Fsp3) is 0.120. The van der Waals surface area contributed by atoms with Crippen molar-refractivity contribution in [1.29, 1.82) is 0 Å². The maximum Gasteiger partial charge on any atom is 0.335 e. The van der Waals surface area contributed by atoms with Gasteiger partial charge in [0.05, 0.1) is 18.5 Å². The Morgan fingerprint density at radius 3 is 2.00 bits per heavy atom. The zero-order valence-electron chi connectivity index (χ0n) is 18.4. The number of carbonyl (C=O) groups excluding carboxylic acids is 3. The number of anilines is 3. The van der Waals surface area contributed by atoms with E-state index in [1.54, 1.807) is 24.3 Å². The summed E-state index contributed by atoms with van der Waals surface area (Å²) in [7, 11) is 0. The molecule has 0 fully saturated rings. The molecule has 0 saturated carbocycles. The third-order valence-corrected chi connectivity index (χ3v) is 4.83. The SMILES string of the molecule is Cc1ccccc1NC(=O)Nc1ccc(CC(=O)NCC(=O)Nc2ccc(C(=O)O)cc2)cc1. The molecule has 0 radical (unpaired) electrons. The van der Waals surface area contributed by atoms with Crippen LogP contribution >= 0.6 is 0 Å². The normalized spacial score (nSPS) is 10.1. The summed E-state index contributed by atoms with van der Waals surface area (Å²) in [5.41, 5.74) is 3.49. The van der Waals surface area contributed by atoms with E-state index in [2.05, 4.69) is 21.3 Å². The van der Waals surface area contributed by atoms with Crippen LogP contribution < -0.4 is 21.3 Å². The number of aromatic carboxylic acids is 1. The van der Waals surface area contributed by atoms with Crippen LogP contribution in [0.1, 0.15) is 21.5 Å². The average molecular weight is 460 g/mol. The summed E-state index contributed by atoms with van der Waals surface area (Å²) in [6.07, 6.45) is 0.0657. The van der Waals surface area contributed by atoms with E-state index in [0.717, 1.165) is 11.3 Å². The number of nitrogens with one attached hydrogen (secondary N) is 4. The maximum atomic E-state index is 12.2. The quantitative estimate of drug-likeness (QED) is 0.350. The number of benzene rings is 3. The summed E-state index contributed by atoms with van der Waals surface area (Å²) in [5, 5.41) is 19.5. The number of rotatable bonds is 8. The van der Waals surface area contributed by atoms with Gasteiger partial charge in [0.1, 0.15) is 0 Å². The summed E-state index contributed by atoms with van der Waals surface area (Å²) in [6.45, 7) is 1.68. The fourth-order valence-electron chi connectivity index (χ4n) is 3.03. The van der Waals surface area contributed by atoms with Crippen molar-refractivity contribution in [2.45, 2.75) is 13.3 Å². The van der Waals surface area contributed by atoms with Gasteiger partial charge < -0.3 is 26.4 Å². The topological polar surface area (TPSA) is 137 Å². The molecule has 4 amide bonds. The van der Waals surface area contributed by atoms with E-state index < -0.39 is 11.9 Å². The van der Waals surface area contributed by atoms with E-state index in [9.17, 15) is 19.2 Å². The molecule has 9 nitrogen and oxygen atoms in total. The third kappa shape index (κ3) is 7.20. The number of hydrogen-bond acceptors (Lipinski definition) is 4. The van der Waals surface area contributed by atoms with Gasteiger partial charge in [-0.3, -0.25) is 9.59 Å². The second kappa shape index (κ2) is 11.3. The average Bonchev–Trinajstić information content (AvgIpc) is 2.81. The highest BCUT2D eigenvalue weighted by Crippen LogP contribution is 2.15. The van der Waals surface area contributed by atoms with Crippen molar-refractivity contribution < 1.29 is 24.3 Å². The molecular formula is C25H24N4O5. The number of para-hydroxylation sites is 1. The van der Waals surface area contributed by atoms with E-state index in [-0.39, 0.29) is 30.5 Å². The summed E-state index contributed by atoms with van der Waals surface area (Å²) < 4.78 is 0. The van der Waals surface area contributed by atoms with E-state index in [1.807, 2.05) is 31.2 Å². The second-order valence-electron chi connectivity index (χ2n) is 7.48. The van der Waals surface area contributed by atoms with Gasteiger partial charge in [-0.1, -0.05) is 30.3 Å². The van der Waals surface area contributed by atoms with Gasteiger partial charge in [-0.15, -0.1) is 0 Å². The molecule has 0 aromatic heterocycles. The Kier molecular flexibility index (Phi) is 7.96. The van der Waals surface area contributed by atoms with Crippen LogP contribution in [0, 0.1) is 6.92 Å². The van der Waals surface area contributed by atoms with Gasteiger partial charge in [0.25, 0.3) is 0 Å². The van der Waals surface area contributed by atoms with Crippen molar-refractivity contribution in [3.05, 3.63) is 89.5 Å². The first-order valence-electron chi connectivity index (χ1n) is 10.4. The molecule has 34 heavy (non-hydrogen) atoms. The van der Waals surface area contributed by atoms with Gasteiger partial charge in [0.2, 0.25) is 11.8 Å². The van der Waals surface area contributed by atoms with Crippen molar-refractivity contribution in [1.82, 2.24) is 5.32 Å². The first-order chi connectivity index (χ1) is 16.3. The number of carboxylic acids is 1. The Labute approximate surface area is 196 Å². The minimum atomic E-state index is -1.06. The Balaban J connectivity index is 1.42. The first kappa shape index (κ1) is 24.0. The lowest BCUT2D eigenvalue weighted by atomic mass is 10.1. The molecule has 0 saturated heterocycles. The molecule has 0 aliphatic heterocycles. The number of carboxylic acid groups (broad SMARTS) is 1. The molecule has 174 valence electrons. The highest BCUT2D eigenvalue weighted by atomic mass is 16.4. The molecule has 0 bridgehead atoms. The van der Waals surface area contributed by atoms with Crippen LogP contribution in [0.15, 0.2) is 72.8 Å². The third-order valence-electron chi connectivity index (χ3n) is 4.83. The van der Waals surface area contributed by atoms with Crippen molar-refractivity contribution in [2.75, 3.05) is 22.5 Å². The van der Waals surface area contributed by atoms with Crippen molar-refractivity contribution in [3.63, 3.8) is 0 Å².